The summed E-state index contributed by atoms with van der Waals surface area (Å²) in [6, 6.07) is 14.5. The quantitative estimate of drug-likeness (QED) is 0.935. The maximum atomic E-state index is 12.9. The van der Waals surface area contributed by atoms with Gasteiger partial charge < -0.3 is 10.6 Å². The number of piperidine rings is 1. The number of amides is 1. The molecule has 2 aromatic rings. The molecule has 3 aliphatic rings. The first kappa shape index (κ1) is 16.1. The molecule has 4 heterocycles. The molecule has 3 saturated heterocycles. The number of hydrogen-bond acceptors (Lipinski definition) is 4. The fraction of sp³-hybridized carbons (Fsp3) is 0.400. The standard InChI is InChI=1S/C20H24N4O/c21-19-9-7-17(10-22-19)20(25)24-13-16-6-8-18(14-24)23(12-16)11-15-4-2-1-3-5-15/h1-5,7,9-10,16,18H,6,8,11-14H2,(H2,21,22). The minimum atomic E-state index is 0.0750. The molecule has 0 spiro atoms. The Labute approximate surface area is 148 Å². The molecule has 1 amide bonds. The third kappa shape index (κ3) is 3.51. The number of nitrogens with two attached hydrogens (primary N) is 1. The zero-order valence-electron chi connectivity index (χ0n) is 14.3. The van der Waals surface area contributed by atoms with Crippen molar-refractivity contribution in [2.75, 3.05) is 25.4 Å². The van der Waals surface area contributed by atoms with Crippen LogP contribution in [0.2, 0.25) is 0 Å². The Hall–Kier alpha value is -2.40. The molecule has 5 rings (SSSR count). The summed E-state index contributed by atoms with van der Waals surface area (Å²) in [5.41, 5.74) is 7.61. The fourth-order valence-corrected chi connectivity index (χ4v) is 4.07. The number of fused-ring (bicyclic) bond motifs is 4. The summed E-state index contributed by atoms with van der Waals surface area (Å²) in [5, 5.41) is 0. The van der Waals surface area contributed by atoms with E-state index in [9.17, 15) is 4.79 Å². The largest absolute Gasteiger partial charge is 0.384 e. The van der Waals surface area contributed by atoms with Gasteiger partial charge in [0.1, 0.15) is 5.82 Å². The van der Waals surface area contributed by atoms with E-state index in [1.807, 2.05) is 4.90 Å². The van der Waals surface area contributed by atoms with Gasteiger partial charge >= 0.3 is 0 Å². The van der Waals surface area contributed by atoms with Crippen LogP contribution in [0.5, 0.6) is 0 Å². The van der Waals surface area contributed by atoms with E-state index in [0.29, 0.717) is 23.3 Å². The molecule has 25 heavy (non-hydrogen) atoms. The van der Waals surface area contributed by atoms with Crippen LogP contribution < -0.4 is 5.73 Å². The topological polar surface area (TPSA) is 62.5 Å². The second-order valence-corrected chi connectivity index (χ2v) is 7.19. The van der Waals surface area contributed by atoms with Gasteiger partial charge in [0.25, 0.3) is 5.91 Å². The van der Waals surface area contributed by atoms with Gasteiger partial charge in [0.2, 0.25) is 0 Å². The second kappa shape index (κ2) is 6.84. The van der Waals surface area contributed by atoms with Gasteiger partial charge in [-0.1, -0.05) is 30.3 Å². The molecule has 0 radical (unpaired) electrons. The van der Waals surface area contributed by atoms with Crippen LogP contribution in [-0.2, 0) is 6.54 Å². The summed E-state index contributed by atoms with van der Waals surface area (Å²) in [5.74, 6) is 1.07. The molecule has 5 nitrogen and oxygen atoms in total. The number of anilines is 1. The first-order valence-electron chi connectivity index (χ1n) is 8.98. The number of benzene rings is 1. The Balaban J connectivity index is 1.49. The summed E-state index contributed by atoms with van der Waals surface area (Å²) < 4.78 is 0. The van der Waals surface area contributed by atoms with Crippen molar-refractivity contribution >= 4 is 11.7 Å². The summed E-state index contributed by atoms with van der Waals surface area (Å²) in [6.45, 7) is 3.67. The summed E-state index contributed by atoms with van der Waals surface area (Å²) >= 11 is 0. The molecule has 3 aliphatic heterocycles. The first-order valence-corrected chi connectivity index (χ1v) is 8.98. The van der Waals surface area contributed by atoms with Crippen molar-refractivity contribution in [3.05, 3.63) is 59.8 Å². The third-order valence-electron chi connectivity index (χ3n) is 5.38. The van der Waals surface area contributed by atoms with Gasteiger partial charge in [-0.2, -0.15) is 0 Å². The third-order valence-corrected chi connectivity index (χ3v) is 5.38. The van der Waals surface area contributed by atoms with E-state index in [1.54, 1.807) is 18.3 Å². The number of rotatable bonds is 3. The number of carbonyl (C=O) groups excluding carboxylic acids is 1. The molecule has 2 N–H and O–H groups in total. The number of aromatic nitrogens is 1. The van der Waals surface area contributed by atoms with Crippen LogP contribution in [0.4, 0.5) is 5.82 Å². The van der Waals surface area contributed by atoms with E-state index < -0.39 is 0 Å². The number of hydrogen-bond donors (Lipinski definition) is 1. The number of nitrogen functional groups attached to an aromatic ring is 1. The Morgan fingerprint density at radius 1 is 1.08 bits per heavy atom. The van der Waals surface area contributed by atoms with E-state index in [1.165, 1.54) is 18.4 Å². The van der Waals surface area contributed by atoms with Crippen LogP contribution in [0.3, 0.4) is 0 Å². The molecule has 2 bridgehead atoms. The lowest BCUT2D eigenvalue weighted by Gasteiger charge is -2.36. The maximum absolute atomic E-state index is 12.9. The van der Waals surface area contributed by atoms with Crippen molar-refractivity contribution in [2.45, 2.75) is 25.4 Å². The summed E-state index contributed by atoms with van der Waals surface area (Å²) in [4.78, 5) is 21.5. The average Bonchev–Trinajstić information content (AvgIpc) is 2.94. The summed E-state index contributed by atoms with van der Waals surface area (Å²) in [6.07, 6.45) is 3.97. The lowest BCUT2D eigenvalue weighted by Crippen LogP contribution is -2.43. The number of pyridine rings is 1. The molecular weight excluding hydrogens is 312 g/mol. The molecule has 2 unspecified atom stereocenters. The zero-order valence-corrected chi connectivity index (χ0v) is 14.3. The molecule has 130 valence electrons. The van der Waals surface area contributed by atoms with Crippen molar-refractivity contribution in [3.63, 3.8) is 0 Å². The number of nitrogens with zero attached hydrogens (tertiary/aromatic N) is 3. The molecule has 5 heteroatoms. The second-order valence-electron chi connectivity index (χ2n) is 7.19. The average molecular weight is 336 g/mol. The van der Waals surface area contributed by atoms with Crippen molar-refractivity contribution in [3.8, 4) is 0 Å². The summed E-state index contributed by atoms with van der Waals surface area (Å²) in [7, 11) is 0. The smallest absolute Gasteiger partial charge is 0.255 e. The maximum Gasteiger partial charge on any atom is 0.255 e. The van der Waals surface area contributed by atoms with Crippen LogP contribution in [0.25, 0.3) is 0 Å². The van der Waals surface area contributed by atoms with Crippen molar-refractivity contribution < 1.29 is 4.79 Å². The lowest BCUT2D eigenvalue weighted by molar-refractivity contribution is 0.0735. The van der Waals surface area contributed by atoms with E-state index >= 15 is 0 Å². The van der Waals surface area contributed by atoms with Crippen LogP contribution in [0, 0.1) is 5.92 Å². The predicted octanol–water partition coefficient (Wildman–Crippen LogP) is 2.40. The van der Waals surface area contributed by atoms with E-state index in [4.69, 9.17) is 5.73 Å². The molecule has 3 fully saturated rings. The van der Waals surface area contributed by atoms with E-state index in [0.717, 1.165) is 26.2 Å². The Bertz CT molecular complexity index is 731. The lowest BCUT2D eigenvalue weighted by atomic mass is 9.94. The van der Waals surface area contributed by atoms with Crippen LogP contribution in [-0.4, -0.2) is 46.4 Å². The van der Waals surface area contributed by atoms with Crippen molar-refractivity contribution in [2.24, 2.45) is 5.92 Å². The minimum Gasteiger partial charge on any atom is -0.384 e. The van der Waals surface area contributed by atoms with E-state index in [2.05, 4.69) is 40.2 Å². The zero-order chi connectivity index (χ0) is 17.2. The Morgan fingerprint density at radius 3 is 2.68 bits per heavy atom. The van der Waals surface area contributed by atoms with E-state index in [-0.39, 0.29) is 5.91 Å². The van der Waals surface area contributed by atoms with Crippen LogP contribution in [0.1, 0.15) is 28.8 Å². The van der Waals surface area contributed by atoms with Crippen LogP contribution in [0.15, 0.2) is 48.7 Å². The van der Waals surface area contributed by atoms with Gasteiger partial charge in [0.05, 0.1) is 5.56 Å². The highest BCUT2D eigenvalue weighted by atomic mass is 16.2. The van der Waals surface area contributed by atoms with Gasteiger partial charge in [0.15, 0.2) is 0 Å². The highest BCUT2D eigenvalue weighted by molar-refractivity contribution is 5.94. The molecule has 1 aromatic heterocycles. The molecule has 0 saturated carbocycles. The first-order chi connectivity index (χ1) is 12.2. The number of carbonyl (C=O) groups is 1. The predicted molar refractivity (Wildman–Crippen MR) is 97.9 cm³/mol. The highest BCUT2D eigenvalue weighted by Crippen LogP contribution is 2.30. The monoisotopic (exact) mass is 336 g/mol. The van der Waals surface area contributed by atoms with Gasteiger partial charge in [-0.3, -0.25) is 9.69 Å². The molecule has 2 atom stereocenters. The fourth-order valence-electron chi connectivity index (χ4n) is 4.07. The van der Waals surface area contributed by atoms with Crippen molar-refractivity contribution in [1.82, 2.24) is 14.8 Å². The Morgan fingerprint density at radius 2 is 1.92 bits per heavy atom. The highest BCUT2D eigenvalue weighted by Gasteiger charge is 2.36. The van der Waals surface area contributed by atoms with Gasteiger partial charge in [-0.25, -0.2) is 4.98 Å². The van der Waals surface area contributed by atoms with Crippen molar-refractivity contribution in [1.29, 1.82) is 0 Å². The normalized spacial score (nSPS) is 23.4. The molecular formula is C20H24N4O. The molecule has 1 aromatic carbocycles. The Kier molecular flexibility index (Phi) is 4.40. The van der Waals surface area contributed by atoms with Crippen LogP contribution >= 0.6 is 0 Å². The van der Waals surface area contributed by atoms with Gasteiger partial charge in [-0.15, -0.1) is 0 Å². The van der Waals surface area contributed by atoms with Gasteiger partial charge in [0, 0.05) is 38.4 Å². The van der Waals surface area contributed by atoms with Gasteiger partial charge in [-0.05, 0) is 36.5 Å². The SMILES string of the molecule is Nc1ccc(C(=O)N2CC3CCC(C2)N(Cc2ccccc2)C3)cn1. The molecule has 0 aliphatic carbocycles. The minimum absolute atomic E-state index is 0.0750.